The Hall–Kier alpha value is -3.82. The van der Waals surface area contributed by atoms with E-state index in [1.54, 1.807) is 24.3 Å². The van der Waals surface area contributed by atoms with Crippen LogP contribution in [0.3, 0.4) is 0 Å². The van der Waals surface area contributed by atoms with Crippen LogP contribution in [0.5, 0.6) is 11.8 Å². The summed E-state index contributed by atoms with van der Waals surface area (Å²) in [7, 11) is 0. The van der Waals surface area contributed by atoms with Gasteiger partial charge < -0.3 is 14.6 Å². The van der Waals surface area contributed by atoms with Gasteiger partial charge in [-0.15, -0.1) is 4.68 Å². The van der Waals surface area contributed by atoms with Gasteiger partial charge in [0.15, 0.2) is 0 Å². The van der Waals surface area contributed by atoms with Gasteiger partial charge in [0.2, 0.25) is 0 Å². The predicted octanol–water partition coefficient (Wildman–Crippen LogP) is 1.64. The van der Waals surface area contributed by atoms with Gasteiger partial charge in [-0.2, -0.15) is 5.10 Å². The highest BCUT2D eigenvalue weighted by Crippen LogP contribution is 2.24. The van der Waals surface area contributed by atoms with Crippen molar-refractivity contribution in [3.8, 4) is 23.1 Å². The van der Waals surface area contributed by atoms with Crippen molar-refractivity contribution >= 4 is 11.9 Å². The summed E-state index contributed by atoms with van der Waals surface area (Å²) in [6, 6.07) is 8.98. The number of benzene rings is 1. The number of nitrogens with zero attached hydrogens (tertiary/aromatic N) is 3. The minimum Gasteiger partial charge on any atom is -0.491 e. The van der Waals surface area contributed by atoms with Crippen molar-refractivity contribution in [2.24, 2.45) is 5.10 Å². The first-order valence-corrected chi connectivity index (χ1v) is 6.57. The van der Waals surface area contributed by atoms with Crippen LogP contribution in [0.4, 0.5) is 5.69 Å². The lowest BCUT2D eigenvalue weighted by atomic mass is 10.1. The molecule has 0 saturated carbocycles. The van der Waals surface area contributed by atoms with Crippen LogP contribution in [0.15, 0.2) is 50.7 Å². The van der Waals surface area contributed by atoms with E-state index in [0.29, 0.717) is 16.0 Å². The Balaban J connectivity index is 1.84. The van der Waals surface area contributed by atoms with Gasteiger partial charge in [-0.1, -0.05) is 0 Å². The summed E-state index contributed by atoms with van der Waals surface area (Å²) >= 11 is 0. The number of aromatic amines is 1. The smallest absolute Gasteiger partial charge is 0.352 e. The lowest BCUT2D eigenvalue weighted by molar-refractivity contribution is -0.384. The summed E-state index contributed by atoms with van der Waals surface area (Å²) in [6.07, 6.45) is 1.17. The van der Waals surface area contributed by atoms with E-state index in [1.165, 1.54) is 18.3 Å². The van der Waals surface area contributed by atoms with Crippen molar-refractivity contribution in [1.82, 2.24) is 9.66 Å². The third kappa shape index (κ3) is 2.75. The van der Waals surface area contributed by atoms with E-state index in [0.717, 1.165) is 0 Å². The molecule has 0 radical (unpaired) electrons. The summed E-state index contributed by atoms with van der Waals surface area (Å²) in [6.45, 7) is 0. The molecule has 1 aromatic carbocycles. The van der Waals surface area contributed by atoms with E-state index in [1.807, 2.05) is 4.98 Å². The molecule has 0 spiro atoms. The molecule has 0 aliphatic heterocycles. The highest BCUT2D eigenvalue weighted by molar-refractivity contribution is 5.77. The molecule has 0 bridgehead atoms. The number of furan rings is 1. The molecule has 0 atom stereocenters. The number of hydrogen-bond acceptors (Lipinski definition) is 7. The SMILES string of the molecule is O=c1[nH]c(O)c(O)n1N=Cc1ccc(-c2ccc([N+](=O)[O-])cc2)o1. The molecule has 24 heavy (non-hydrogen) atoms. The molecule has 122 valence electrons. The molecule has 0 fully saturated rings. The minimum atomic E-state index is -0.816. The fraction of sp³-hybridized carbons (Fsp3) is 0. The van der Waals surface area contributed by atoms with E-state index in [2.05, 4.69) is 5.10 Å². The second-order valence-corrected chi connectivity index (χ2v) is 4.66. The maximum atomic E-state index is 11.4. The first-order valence-electron chi connectivity index (χ1n) is 6.57. The van der Waals surface area contributed by atoms with Crippen molar-refractivity contribution in [2.45, 2.75) is 0 Å². The van der Waals surface area contributed by atoms with E-state index in [4.69, 9.17) is 9.52 Å². The minimum absolute atomic E-state index is 0.0331. The second-order valence-electron chi connectivity index (χ2n) is 4.66. The van der Waals surface area contributed by atoms with E-state index < -0.39 is 22.4 Å². The second kappa shape index (κ2) is 5.76. The van der Waals surface area contributed by atoms with Crippen LogP contribution in [0, 0.1) is 10.1 Å². The largest absolute Gasteiger partial charge is 0.491 e. The Kier molecular flexibility index (Phi) is 3.62. The lowest BCUT2D eigenvalue weighted by Crippen LogP contribution is -2.12. The van der Waals surface area contributed by atoms with E-state index >= 15 is 0 Å². The summed E-state index contributed by atoms with van der Waals surface area (Å²) in [4.78, 5) is 23.5. The quantitative estimate of drug-likeness (QED) is 0.376. The zero-order valence-electron chi connectivity index (χ0n) is 11.9. The van der Waals surface area contributed by atoms with E-state index in [-0.39, 0.29) is 11.4 Å². The monoisotopic (exact) mass is 330 g/mol. The zero-order valence-corrected chi connectivity index (χ0v) is 11.9. The molecule has 10 nitrogen and oxygen atoms in total. The highest BCUT2D eigenvalue weighted by atomic mass is 16.6. The van der Waals surface area contributed by atoms with Crippen LogP contribution < -0.4 is 5.69 Å². The Labute approximate surface area is 133 Å². The van der Waals surface area contributed by atoms with Gasteiger partial charge in [0.25, 0.3) is 17.4 Å². The number of non-ortho nitro benzene ring substituents is 1. The summed E-state index contributed by atoms with van der Waals surface area (Å²) in [5, 5.41) is 32.9. The average Bonchev–Trinajstić information content (AvgIpc) is 3.12. The Morgan fingerprint density at radius 2 is 1.92 bits per heavy atom. The molecular formula is C14H10N4O6. The third-order valence-electron chi connectivity index (χ3n) is 3.12. The molecule has 3 aromatic rings. The van der Waals surface area contributed by atoms with Crippen LogP contribution in [0.2, 0.25) is 0 Å². The summed E-state index contributed by atoms with van der Waals surface area (Å²) < 4.78 is 6.05. The zero-order chi connectivity index (χ0) is 17.3. The van der Waals surface area contributed by atoms with Crippen LogP contribution in [-0.4, -0.2) is 31.0 Å². The number of aromatic nitrogens is 2. The lowest BCUT2D eigenvalue weighted by Gasteiger charge is -1.96. The summed E-state index contributed by atoms with van der Waals surface area (Å²) in [5.41, 5.74) is -0.225. The number of aromatic hydroxyl groups is 2. The first kappa shape index (κ1) is 15.1. The number of nitrogens with one attached hydrogen (secondary N) is 1. The third-order valence-corrected chi connectivity index (χ3v) is 3.12. The molecule has 2 heterocycles. The first-order chi connectivity index (χ1) is 11.5. The van der Waals surface area contributed by atoms with Crippen LogP contribution in [-0.2, 0) is 0 Å². The highest BCUT2D eigenvalue weighted by Gasteiger charge is 2.11. The number of H-pyrrole nitrogens is 1. The van der Waals surface area contributed by atoms with Crippen molar-refractivity contribution in [3.63, 3.8) is 0 Å². The van der Waals surface area contributed by atoms with E-state index in [9.17, 15) is 20.0 Å². The Morgan fingerprint density at radius 1 is 1.21 bits per heavy atom. The fourth-order valence-electron chi connectivity index (χ4n) is 1.95. The topological polar surface area (TPSA) is 147 Å². The Bertz CT molecular complexity index is 980. The van der Waals surface area contributed by atoms with Gasteiger partial charge in [0.05, 0.1) is 11.1 Å². The molecule has 0 saturated heterocycles. The van der Waals surface area contributed by atoms with Gasteiger partial charge in [0, 0.05) is 17.7 Å². The molecule has 3 N–H and O–H groups in total. The maximum Gasteiger partial charge on any atom is 0.352 e. The molecule has 0 unspecified atom stereocenters. The van der Waals surface area contributed by atoms with Crippen LogP contribution in [0.25, 0.3) is 11.3 Å². The summed E-state index contributed by atoms with van der Waals surface area (Å²) in [5.74, 6) is -0.697. The van der Waals surface area contributed by atoms with Crippen molar-refractivity contribution in [3.05, 3.63) is 62.8 Å². The normalized spacial score (nSPS) is 11.2. The Morgan fingerprint density at radius 3 is 2.50 bits per heavy atom. The molecule has 10 heteroatoms. The standard InChI is InChI=1S/C14H10N4O6/c19-12-13(20)17(14(21)16-12)15-7-10-5-6-11(24-10)8-1-3-9(4-2-8)18(22)23/h1-7,19-20H,(H,16,21). The van der Waals surface area contributed by atoms with Crippen molar-refractivity contribution < 1.29 is 19.6 Å². The van der Waals surface area contributed by atoms with Gasteiger partial charge in [-0.25, -0.2) is 4.79 Å². The number of hydrogen-bond donors (Lipinski definition) is 3. The van der Waals surface area contributed by atoms with Gasteiger partial charge in [-0.05, 0) is 24.3 Å². The fourth-order valence-corrected chi connectivity index (χ4v) is 1.95. The molecule has 3 rings (SSSR count). The van der Waals surface area contributed by atoms with Crippen LogP contribution >= 0.6 is 0 Å². The van der Waals surface area contributed by atoms with Crippen LogP contribution in [0.1, 0.15) is 5.76 Å². The molecule has 2 aromatic heterocycles. The number of nitro benzene ring substituents is 1. The molecule has 0 amide bonds. The maximum absolute atomic E-state index is 11.4. The molecule has 0 aliphatic carbocycles. The van der Waals surface area contributed by atoms with Gasteiger partial charge in [0.1, 0.15) is 11.5 Å². The van der Waals surface area contributed by atoms with Crippen molar-refractivity contribution in [2.75, 3.05) is 0 Å². The number of rotatable bonds is 4. The average molecular weight is 330 g/mol. The van der Waals surface area contributed by atoms with Crippen molar-refractivity contribution in [1.29, 1.82) is 0 Å². The number of nitro groups is 1. The number of imidazole rings is 1. The predicted molar refractivity (Wildman–Crippen MR) is 82.2 cm³/mol. The molecule has 0 aliphatic rings. The molecular weight excluding hydrogens is 320 g/mol. The van der Waals surface area contributed by atoms with Gasteiger partial charge in [-0.3, -0.25) is 15.1 Å². The van der Waals surface area contributed by atoms with Gasteiger partial charge >= 0.3 is 5.69 Å².